The van der Waals surface area contributed by atoms with E-state index in [1.165, 1.54) is 12.1 Å². The highest BCUT2D eigenvalue weighted by Crippen LogP contribution is 2.30. The van der Waals surface area contributed by atoms with Crippen molar-refractivity contribution in [2.75, 3.05) is 18.4 Å². The molecular weight excluding hydrogens is 269 g/mol. The fourth-order valence-electron chi connectivity index (χ4n) is 2.11. The summed E-state index contributed by atoms with van der Waals surface area (Å²) in [4.78, 5) is 13.7. The van der Waals surface area contributed by atoms with Crippen LogP contribution in [-0.4, -0.2) is 29.9 Å². The zero-order valence-electron chi connectivity index (χ0n) is 11.2. The maximum Gasteiger partial charge on any atom is 0.416 e. The quantitative estimate of drug-likeness (QED) is 0.902. The number of rotatable bonds is 5. The Hall–Kier alpha value is -1.72. The summed E-state index contributed by atoms with van der Waals surface area (Å²) in [5.74, 6) is -0.0765. The van der Waals surface area contributed by atoms with Crippen LogP contribution < -0.4 is 5.32 Å². The molecule has 1 fully saturated rings. The number of likely N-dealkylation sites (N-methyl/N-ethyl adjacent to an activating group) is 1. The lowest BCUT2D eigenvalue weighted by Gasteiger charge is -2.21. The first-order chi connectivity index (χ1) is 9.41. The van der Waals surface area contributed by atoms with Gasteiger partial charge in [0.1, 0.15) is 0 Å². The number of carbonyl (C=O) groups is 1. The topological polar surface area (TPSA) is 32.3 Å². The Labute approximate surface area is 115 Å². The van der Waals surface area contributed by atoms with Gasteiger partial charge in [-0.05, 0) is 38.0 Å². The second kappa shape index (κ2) is 5.73. The first kappa shape index (κ1) is 14.7. The van der Waals surface area contributed by atoms with Crippen LogP contribution in [0, 0.1) is 0 Å². The molecule has 1 aromatic carbocycles. The predicted octanol–water partition coefficient (Wildman–Crippen LogP) is 3.13. The summed E-state index contributed by atoms with van der Waals surface area (Å²) in [6, 6.07) is 5.19. The van der Waals surface area contributed by atoms with Crippen molar-refractivity contribution in [2.45, 2.75) is 32.0 Å². The highest BCUT2D eigenvalue weighted by Gasteiger charge is 2.32. The highest BCUT2D eigenvalue weighted by molar-refractivity contribution is 5.81. The van der Waals surface area contributed by atoms with Crippen molar-refractivity contribution in [2.24, 2.45) is 0 Å². The lowest BCUT2D eigenvalue weighted by atomic mass is 10.2. The maximum absolute atomic E-state index is 12.6. The smallest absolute Gasteiger partial charge is 0.376 e. The molecule has 0 heterocycles. The largest absolute Gasteiger partial charge is 0.416 e. The fourth-order valence-corrected chi connectivity index (χ4v) is 2.11. The second-order valence-corrected chi connectivity index (χ2v) is 4.84. The van der Waals surface area contributed by atoms with Crippen LogP contribution in [0.25, 0.3) is 0 Å². The lowest BCUT2D eigenvalue weighted by molar-refractivity contribution is -0.137. The molecule has 2 rings (SSSR count). The van der Waals surface area contributed by atoms with E-state index in [1.807, 2.05) is 6.92 Å². The van der Waals surface area contributed by atoms with Crippen LogP contribution in [0.3, 0.4) is 0 Å². The van der Waals surface area contributed by atoms with E-state index in [0.717, 1.165) is 25.0 Å². The summed E-state index contributed by atoms with van der Waals surface area (Å²) < 4.78 is 37.7. The first-order valence-corrected chi connectivity index (χ1v) is 6.62. The van der Waals surface area contributed by atoms with E-state index < -0.39 is 11.7 Å². The first-order valence-electron chi connectivity index (χ1n) is 6.62. The fraction of sp³-hybridized carbons (Fsp3) is 0.500. The monoisotopic (exact) mass is 286 g/mol. The third-order valence-corrected chi connectivity index (χ3v) is 3.28. The molecule has 1 amide bonds. The molecule has 1 aromatic rings. The normalized spacial score (nSPS) is 15.0. The van der Waals surface area contributed by atoms with Gasteiger partial charge in [-0.1, -0.05) is 6.07 Å². The average Bonchev–Trinajstić information content (AvgIpc) is 3.21. The van der Waals surface area contributed by atoms with Crippen molar-refractivity contribution in [3.63, 3.8) is 0 Å². The number of anilines is 1. The van der Waals surface area contributed by atoms with Gasteiger partial charge in [0.05, 0.1) is 12.1 Å². The third kappa shape index (κ3) is 3.65. The van der Waals surface area contributed by atoms with Gasteiger partial charge in [-0.25, -0.2) is 0 Å². The molecule has 0 unspecified atom stereocenters. The molecule has 3 nitrogen and oxygen atoms in total. The average molecular weight is 286 g/mol. The molecule has 1 saturated carbocycles. The molecule has 1 aliphatic carbocycles. The van der Waals surface area contributed by atoms with Crippen LogP contribution in [0.5, 0.6) is 0 Å². The lowest BCUT2D eigenvalue weighted by Crippen LogP contribution is -2.37. The Morgan fingerprint density at radius 1 is 1.40 bits per heavy atom. The molecule has 20 heavy (non-hydrogen) atoms. The number of halogens is 3. The Bertz CT molecular complexity index is 484. The van der Waals surface area contributed by atoms with Gasteiger partial charge in [-0.15, -0.1) is 0 Å². The molecule has 0 aliphatic heterocycles. The van der Waals surface area contributed by atoms with E-state index in [2.05, 4.69) is 5.32 Å². The Morgan fingerprint density at radius 2 is 2.10 bits per heavy atom. The van der Waals surface area contributed by atoms with Crippen molar-refractivity contribution in [1.29, 1.82) is 0 Å². The summed E-state index contributed by atoms with van der Waals surface area (Å²) in [5, 5.41) is 2.76. The summed E-state index contributed by atoms with van der Waals surface area (Å²) in [6.07, 6.45) is -2.34. The Kier molecular flexibility index (Phi) is 4.20. The van der Waals surface area contributed by atoms with Crippen molar-refractivity contribution in [1.82, 2.24) is 4.90 Å². The number of alkyl halides is 3. The maximum atomic E-state index is 12.6. The van der Waals surface area contributed by atoms with Crippen LogP contribution in [0.4, 0.5) is 18.9 Å². The standard InChI is InChI=1S/C14H17F3N2O/c1-2-19(12-6-7-12)13(20)9-18-11-5-3-4-10(8-11)14(15,16)17/h3-5,8,12,18H,2,6-7,9H2,1H3. The zero-order chi connectivity index (χ0) is 14.8. The minimum Gasteiger partial charge on any atom is -0.376 e. The molecule has 0 saturated heterocycles. The predicted molar refractivity (Wildman–Crippen MR) is 70.3 cm³/mol. The van der Waals surface area contributed by atoms with Crippen molar-refractivity contribution >= 4 is 11.6 Å². The van der Waals surface area contributed by atoms with Crippen molar-refractivity contribution in [3.05, 3.63) is 29.8 Å². The van der Waals surface area contributed by atoms with Gasteiger partial charge >= 0.3 is 6.18 Å². The number of hydrogen-bond donors (Lipinski definition) is 1. The molecular formula is C14H17F3N2O. The molecule has 0 radical (unpaired) electrons. The minimum atomic E-state index is -4.37. The molecule has 110 valence electrons. The SMILES string of the molecule is CCN(C(=O)CNc1cccc(C(F)(F)F)c1)C1CC1. The van der Waals surface area contributed by atoms with Gasteiger partial charge in [0.25, 0.3) is 0 Å². The van der Waals surface area contributed by atoms with Crippen LogP contribution >= 0.6 is 0 Å². The molecule has 1 N–H and O–H groups in total. The summed E-state index contributed by atoms with van der Waals surface area (Å²) >= 11 is 0. The summed E-state index contributed by atoms with van der Waals surface area (Å²) in [7, 11) is 0. The van der Waals surface area contributed by atoms with Crippen LogP contribution in [-0.2, 0) is 11.0 Å². The zero-order valence-corrected chi connectivity index (χ0v) is 11.2. The number of nitrogens with one attached hydrogen (secondary N) is 1. The number of amides is 1. The van der Waals surface area contributed by atoms with Gasteiger partial charge in [0.2, 0.25) is 5.91 Å². The number of hydrogen-bond acceptors (Lipinski definition) is 2. The van der Waals surface area contributed by atoms with Crippen LogP contribution in [0.1, 0.15) is 25.3 Å². The number of carbonyl (C=O) groups excluding carboxylic acids is 1. The van der Waals surface area contributed by atoms with Crippen LogP contribution in [0.2, 0.25) is 0 Å². The second-order valence-electron chi connectivity index (χ2n) is 4.84. The Balaban J connectivity index is 1.95. The molecule has 0 atom stereocenters. The van der Waals surface area contributed by atoms with Gasteiger partial charge < -0.3 is 10.2 Å². The summed E-state index contributed by atoms with van der Waals surface area (Å²) in [6.45, 7) is 2.56. The van der Waals surface area contributed by atoms with Gasteiger partial charge in [0.15, 0.2) is 0 Å². The van der Waals surface area contributed by atoms with E-state index in [-0.39, 0.29) is 12.5 Å². The third-order valence-electron chi connectivity index (χ3n) is 3.28. The van der Waals surface area contributed by atoms with E-state index in [0.29, 0.717) is 18.3 Å². The Morgan fingerprint density at radius 3 is 2.65 bits per heavy atom. The number of benzene rings is 1. The molecule has 0 bridgehead atoms. The van der Waals surface area contributed by atoms with Crippen molar-refractivity contribution < 1.29 is 18.0 Å². The van der Waals surface area contributed by atoms with E-state index in [9.17, 15) is 18.0 Å². The van der Waals surface area contributed by atoms with Gasteiger partial charge in [-0.2, -0.15) is 13.2 Å². The number of nitrogens with zero attached hydrogens (tertiary/aromatic N) is 1. The van der Waals surface area contributed by atoms with E-state index >= 15 is 0 Å². The van der Waals surface area contributed by atoms with Gasteiger partial charge in [-0.3, -0.25) is 4.79 Å². The van der Waals surface area contributed by atoms with Crippen molar-refractivity contribution in [3.8, 4) is 0 Å². The highest BCUT2D eigenvalue weighted by atomic mass is 19.4. The summed E-state index contributed by atoms with van der Waals surface area (Å²) in [5.41, 5.74) is -0.412. The van der Waals surface area contributed by atoms with E-state index in [4.69, 9.17) is 0 Å². The molecule has 0 spiro atoms. The van der Waals surface area contributed by atoms with Crippen LogP contribution in [0.15, 0.2) is 24.3 Å². The molecule has 6 heteroatoms. The molecule has 1 aliphatic rings. The minimum absolute atomic E-state index is 0.0195. The van der Waals surface area contributed by atoms with E-state index in [1.54, 1.807) is 4.90 Å². The van der Waals surface area contributed by atoms with Gasteiger partial charge in [0, 0.05) is 18.3 Å². The molecule has 0 aromatic heterocycles.